The summed E-state index contributed by atoms with van der Waals surface area (Å²) >= 11 is 0. The largest absolute Gasteiger partial charge is 0.497 e. The maximum Gasteiger partial charge on any atom is 0.123 e. The number of benzene rings is 2. The van der Waals surface area contributed by atoms with Crippen molar-refractivity contribution >= 4 is 0 Å². The number of rotatable bonds is 9. The van der Waals surface area contributed by atoms with Crippen LogP contribution in [0.5, 0.6) is 11.5 Å². The normalized spacial score (nSPS) is 11.1. The smallest absolute Gasteiger partial charge is 0.123 e. The van der Waals surface area contributed by atoms with E-state index in [1.54, 1.807) is 14.2 Å². The van der Waals surface area contributed by atoms with Crippen LogP contribution in [0.1, 0.15) is 11.1 Å². The molecule has 0 N–H and O–H groups in total. The lowest BCUT2D eigenvalue weighted by molar-refractivity contribution is 0.223. The maximum atomic E-state index is 5.53. The number of methoxy groups -OCH3 is 2. The Kier molecular flexibility index (Phi) is 7.09. The molecule has 130 valence electrons. The summed E-state index contributed by atoms with van der Waals surface area (Å²) in [6, 6.07) is 16.5. The van der Waals surface area contributed by atoms with E-state index in [4.69, 9.17) is 9.47 Å². The number of hydrogen-bond donors (Lipinski definition) is 0. The first kappa shape index (κ1) is 18.3. The monoisotopic (exact) mass is 328 g/mol. The fourth-order valence-electron chi connectivity index (χ4n) is 2.64. The topological polar surface area (TPSA) is 24.9 Å². The molecule has 0 bridgehead atoms. The van der Waals surface area contributed by atoms with Gasteiger partial charge < -0.3 is 14.4 Å². The Hall–Kier alpha value is -2.04. The minimum Gasteiger partial charge on any atom is -0.497 e. The van der Waals surface area contributed by atoms with Gasteiger partial charge in [0.25, 0.3) is 0 Å². The Bertz CT molecular complexity index is 614. The van der Waals surface area contributed by atoms with Crippen LogP contribution in [0, 0.1) is 0 Å². The molecule has 0 unspecified atom stereocenters. The summed E-state index contributed by atoms with van der Waals surface area (Å²) in [6.07, 6.45) is 0. The van der Waals surface area contributed by atoms with Gasteiger partial charge in [-0.05, 0) is 37.9 Å². The van der Waals surface area contributed by atoms with E-state index in [1.165, 1.54) is 5.56 Å². The van der Waals surface area contributed by atoms with E-state index in [0.717, 1.165) is 43.2 Å². The average molecular weight is 328 g/mol. The van der Waals surface area contributed by atoms with Crippen LogP contribution in [0.2, 0.25) is 0 Å². The van der Waals surface area contributed by atoms with Gasteiger partial charge >= 0.3 is 0 Å². The van der Waals surface area contributed by atoms with Crippen LogP contribution in [0.15, 0.2) is 48.5 Å². The van der Waals surface area contributed by atoms with Gasteiger partial charge in [0.15, 0.2) is 0 Å². The summed E-state index contributed by atoms with van der Waals surface area (Å²) in [5.41, 5.74) is 2.46. The minimum absolute atomic E-state index is 0.823. The molecular weight excluding hydrogens is 300 g/mol. The average Bonchev–Trinajstić information content (AvgIpc) is 2.60. The molecule has 2 rings (SSSR count). The van der Waals surface area contributed by atoms with Crippen molar-refractivity contribution in [2.75, 3.05) is 41.4 Å². The Balaban J connectivity index is 2.17. The van der Waals surface area contributed by atoms with Gasteiger partial charge in [0.05, 0.1) is 14.2 Å². The number of nitrogens with zero attached hydrogens (tertiary/aromatic N) is 2. The molecule has 2 aromatic rings. The van der Waals surface area contributed by atoms with Crippen LogP contribution in [-0.4, -0.2) is 51.2 Å². The molecule has 0 saturated heterocycles. The van der Waals surface area contributed by atoms with Gasteiger partial charge in [0.1, 0.15) is 11.5 Å². The van der Waals surface area contributed by atoms with Crippen LogP contribution < -0.4 is 9.47 Å². The second-order valence-corrected chi connectivity index (χ2v) is 6.18. The van der Waals surface area contributed by atoms with Gasteiger partial charge in [-0.25, -0.2) is 0 Å². The minimum atomic E-state index is 0.823. The van der Waals surface area contributed by atoms with Crippen molar-refractivity contribution in [3.8, 4) is 11.5 Å². The zero-order chi connectivity index (χ0) is 17.4. The third-order valence-corrected chi connectivity index (χ3v) is 3.99. The molecule has 0 saturated carbocycles. The van der Waals surface area contributed by atoms with Crippen molar-refractivity contribution in [1.82, 2.24) is 9.80 Å². The van der Waals surface area contributed by atoms with Crippen molar-refractivity contribution in [1.29, 1.82) is 0 Å². The van der Waals surface area contributed by atoms with Gasteiger partial charge in [-0.2, -0.15) is 0 Å². The number of hydrogen-bond acceptors (Lipinski definition) is 4. The van der Waals surface area contributed by atoms with E-state index in [-0.39, 0.29) is 0 Å². The van der Waals surface area contributed by atoms with Crippen molar-refractivity contribution in [2.45, 2.75) is 13.1 Å². The summed E-state index contributed by atoms with van der Waals surface area (Å²) in [7, 11) is 7.62. The summed E-state index contributed by atoms with van der Waals surface area (Å²) in [5.74, 6) is 1.76. The van der Waals surface area contributed by atoms with Crippen molar-refractivity contribution in [3.63, 3.8) is 0 Å². The Morgan fingerprint density at radius 2 is 1.58 bits per heavy atom. The van der Waals surface area contributed by atoms with Gasteiger partial charge in [-0.3, -0.25) is 4.90 Å². The first-order valence-corrected chi connectivity index (χ1v) is 8.24. The van der Waals surface area contributed by atoms with Gasteiger partial charge in [-0.15, -0.1) is 0 Å². The quantitative estimate of drug-likeness (QED) is 0.705. The lowest BCUT2D eigenvalue weighted by atomic mass is 10.1. The molecular formula is C20H28N2O2. The SMILES string of the molecule is COc1ccc(OC)c(CN(CCN(C)C)Cc2ccccc2)c1. The lowest BCUT2D eigenvalue weighted by Crippen LogP contribution is -2.31. The molecule has 0 amide bonds. The second-order valence-electron chi connectivity index (χ2n) is 6.18. The van der Waals surface area contributed by atoms with Gasteiger partial charge in [0.2, 0.25) is 0 Å². The zero-order valence-electron chi connectivity index (χ0n) is 15.2. The standard InChI is InChI=1S/C20H28N2O2/c1-21(2)12-13-22(15-17-8-6-5-7-9-17)16-18-14-19(23-3)10-11-20(18)24-4/h5-11,14H,12-13,15-16H2,1-4H3. The fraction of sp³-hybridized carbons (Fsp3) is 0.400. The van der Waals surface area contributed by atoms with Crippen molar-refractivity contribution in [2.24, 2.45) is 0 Å². The molecule has 4 nitrogen and oxygen atoms in total. The summed E-state index contributed by atoms with van der Waals surface area (Å²) < 4.78 is 10.9. The van der Waals surface area contributed by atoms with Gasteiger partial charge in [0, 0.05) is 31.7 Å². The van der Waals surface area contributed by atoms with E-state index in [0.29, 0.717) is 0 Å². The van der Waals surface area contributed by atoms with Crippen molar-refractivity contribution in [3.05, 3.63) is 59.7 Å². The van der Waals surface area contributed by atoms with E-state index in [2.05, 4.69) is 60.3 Å². The third-order valence-electron chi connectivity index (χ3n) is 3.99. The highest BCUT2D eigenvalue weighted by Crippen LogP contribution is 2.25. The van der Waals surface area contributed by atoms with E-state index >= 15 is 0 Å². The number of ether oxygens (including phenoxy) is 2. The van der Waals surface area contributed by atoms with E-state index < -0.39 is 0 Å². The molecule has 0 radical (unpaired) electrons. The van der Waals surface area contributed by atoms with Crippen LogP contribution in [-0.2, 0) is 13.1 Å². The Labute approximate surface area is 145 Å². The molecule has 0 heterocycles. The predicted molar refractivity (Wildman–Crippen MR) is 98.7 cm³/mol. The Morgan fingerprint density at radius 1 is 0.833 bits per heavy atom. The lowest BCUT2D eigenvalue weighted by Gasteiger charge is -2.25. The van der Waals surface area contributed by atoms with Crippen molar-refractivity contribution < 1.29 is 9.47 Å². The van der Waals surface area contributed by atoms with Crippen LogP contribution in [0.4, 0.5) is 0 Å². The molecule has 24 heavy (non-hydrogen) atoms. The maximum absolute atomic E-state index is 5.53. The first-order valence-electron chi connectivity index (χ1n) is 8.24. The Morgan fingerprint density at radius 3 is 2.21 bits per heavy atom. The van der Waals surface area contributed by atoms with Gasteiger partial charge in [-0.1, -0.05) is 30.3 Å². The summed E-state index contributed by atoms with van der Waals surface area (Å²) in [5, 5.41) is 0. The molecule has 0 aliphatic heterocycles. The van der Waals surface area contributed by atoms with Crippen LogP contribution in [0.3, 0.4) is 0 Å². The van der Waals surface area contributed by atoms with E-state index in [1.807, 2.05) is 12.1 Å². The summed E-state index contributed by atoms with van der Waals surface area (Å²) in [4.78, 5) is 4.65. The molecule has 0 aromatic heterocycles. The molecule has 0 aliphatic carbocycles. The van der Waals surface area contributed by atoms with E-state index in [9.17, 15) is 0 Å². The predicted octanol–water partition coefficient (Wildman–Crippen LogP) is 3.27. The second kappa shape index (κ2) is 9.30. The fourth-order valence-corrected chi connectivity index (χ4v) is 2.64. The number of likely N-dealkylation sites (N-methyl/N-ethyl adjacent to an activating group) is 1. The highest BCUT2D eigenvalue weighted by atomic mass is 16.5. The molecule has 2 aromatic carbocycles. The molecule has 0 fully saturated rings. The molecule has 4 heteroatoms. The molecule has 0 aliphatic rings. The first-order chi connectivity index (χ1) is 11.6. The highest BCUT2D eigenvalue weighted by molar-refractivity contribution is 5.40. The summed E-state index contributed by atoms with van der Waals surface area (Å²) in [6.45, 7) is 3.74. The third kappa shape index (κ3) is 5.55. The molecule has 0 spiro atoms. The van der Waals surface area contributed by atoms with Crippen LogP contribution >= 0.6 is 0 Å². The molecule has 0 atom stereocenters. The van der Waals surface area contributed by atoms with Crippen LogP contribution in [0.25, 0.3) is 0 Å². The highest BCUT2D eigenvalue weighted by Gasteiger charge is 2.12. The zero-order valence-corrected chi connectivity index (χ0v) is 15.2.